The van der Waals surface area contributed by atoms with Gasteiger partial charge in [0.15, 0.2) is 15.0 Å². The Kier molecular flexibility index (Phi) is 6.44. The van der Waals surface area contributed by atoms with Gasteiger partial charge in [-0.05, 0) is 38.0 Å². The molecule has 1 amide bonds. The second-order valence-electron chi connectivity index (χ2n) is 6.96. The van der Waals surface area contributed by atoms with Gasteiger partial charge in [0.25, 0.3) is 0 Å². The molecule has 1 aromatic heterocycles. The fraction of sp³-hybridized carbons (Fsp3) is 0.474. The summed E-state index contributed by atoms with van der Waals surface area (Å²) in [4.78, 5) is 19.0. The van der Waals surface area contributed by atoms with E-state index in [0.717, 1.165) is 6.42 Å². The van der Waals surface area contributed by atoms with E-state index in [9.17, 15) is 17.6 Å². The van der Waals surface area contributed by atoms with Crippen LogP contribution in [0.1, 0.15) is 26.7 Å². The van der Waals surface area contributed by atoms with Gasteiger partial charge in [0.2, 0.25) is 5.91 Å². The average Bonchev–Trinajstić information content (AvgIpc) is 3.26. The van der Waals surface area contributed by atoms with Crippen LogP contribution in [0.15, 0.2) is 41.8 Å². The maximum Gasteiger partial charge on any atom is 0.233 e. The van der Waals surface area contributed by atoms with Gasteiger partial charge >= 0.3 is 0 Å². The van der Waals surface area contributed by atoms with E-state index in [2.05, 4.69) is 4.98 Å². The lowest BCUT2D eigenvalue weighted by atomic mass is 10.1. The van der Waals surface area contributed by atoms with Crippen molar-refractivity contribution in [2.24, 2.45) is 0 Å². The molecular weight excluding hydrogens is 401 g/mol. The number of rotatable bonds is 7. The van der Waals surface area contributed by atoms with Gasteiger partial charge in [-0.1, -0.05) is 24.8 Å². The number of halogens is 1. The molecule has 0 radical (unpaired) electrons. The zero-order valence-electron chi connectivity index (χ0n) is 15.9. The molecule has 1 aliphatic heterocycles. The van der Waals surface area contributed by atoms with Gasteiger partial charge in [0.05, 0.1) is 22.9 Å². The van der Waals surface area contributed by atoms with Crippen LogP contribution in [0.4, 0.5) is 4.39 Å². The van der Waals surface area contributed by atoms with E-state index < -0.39 is 9.84 Å². The normalized spacial score (nSPS) is 19.5. The topological polar surface area (TPSA) is 72.3 Å². The second-order valence-corrected chi connectivity index (χ2v) is 10.1. The molecule has 2 atom stereocenters. The van der Waals surface area contributed by atoms with Crippen LogP contribution in [0.3, 0.4) is 0 Å². The number of sulfone groups is 1. The summed E-state index contributed by atoms with van der Waals surface area (Å²) in [5.41, 5.74) is 0.633. The molecule has 3 rings (SSSR count). The molecule has 152 valence electrons. The van der Waals surface area contributed by atoms with Crippen molar-refractivity contribution in [1.29, 1.82) is 0 Å². The van der Waals surface area contributed by atoms with Crippen LogP contribution in [-0.2, 0) is 14.6 Å². The molecule has 2 aromatic rings. The number of hydrogen-bond acceptors (Lipinski definition) is 5. The van der Waals surface area contributed by atoms with Gasteiger partial charge in [-0.2, -0.15) is 0 Å². The highest BCUT2D eigenvalue weighted by Gasteiger charge is 2.36. The van der Waals surface area contributed by atoms with E-state index in [1.54, 1.807) is 34.0 Å². The van der Waals surface area contributed by atoms with E-state index in [1.807, 2.05) is 13.8 Å². The number of aromatic nitrogens is 2. The Labute approximate surface area is 169 Å². The second kappa shape index (κ2) is 8.65. The molecule has 0 N–H and O–H groups in total. The predicted octanol–water partition coefficient (Wildman–Crippen LogP) is 2.92. The van der Waals surface area contributed by atoms with Crippen molar-refractivity contribution in [3.63, 3.8) is 0 Å². The summed E-state index contributed by atoms with van der Waals surface area (Å²) in [6.07, 6.45) is 4.57. The van der Waals surface area contributed by atoms with Gasteiger partial charge < -0.3 is 4.90 Å². The third kappa shape index (κ3) is 4.75. The molecule has 1 fully saturated rings. The van der Waals surface area contributed by atoms with Gasteiger partial charge in [-0.15, -0.1) is 0 Å². The molecule has 0 spiro atoms. The van der Waals surface area contributed by atoms with Crippen LogP contribution >= 0.6 is 11.8 Å². The Balaban J connectivity index is 1.73. The summed E-state index contributed by atoms with van der Waals surface area (Å²) in [6, 6.07) is 5.87. The molecule has 6 nitrogen and oxygen atoms in total. The predicted molar refractivity (Wildman–Crippen MR) is 108 cm³/mol. The van der Waals surface area contributed by atoms with Crippen molar-refractivity contribution in [2.75, 3.05) is 17.3 Å². The number of benzene rings is 1. The minimum Gasteiger partial charge on any atom is -0.335 e. The molecule has 2 heterocycles. The number of imidazole rings is 1. The molecule has 28 heavy (non-hydrogen) atoms. The largest absolute Gasteiger partial charge is 0.335 e. The Hall–Kier alpha value is -1.87. The zero-order chi connectivity index (χ0) is 20.3. The Bertz CT molecular complexity index is 945. The van der Waals surface area contributed by atoms with Gasteiger partial charge in [-0.3, -0.25) is 9.36 Å². The highest BCUT2D eigenvalue weighted by atomic mass is 32.2. The number of hydrogen-bond donors (Lipinski definition) is 0. The van der Waals surface area contributed by atoms with Crippen molar-refractivity contribution in [1.82, 2.24) is 14.5 Å². The summed E-state index contributed by atoms with van der Waals surface area (Å²) in [7, 11) is -3.07. The van der Waals surface area contributed by atoms with Crippen molar-refractivity contribution >= 4 is 27.5 Å². The minimum atomic E-state index is -3.07. The molecule has 1 aromatic carbocycles. The summed E-state index contributed by atoms with van der Waals surface area (Å²) < 4.78 is 39.0. The van der Waals surface area contributed by atoms with Crippen LogP contribution in [0.5, 0.6) is 0 Å². The molecule has 9 heteroatoms. The average molecular weight is 426 g/mol. The highest BCUT2D eigenvalue weighted by molar-refractivity contribution is 7.99. The standard InChI is InChI=1S/C19H24FN3O3S2/c1-3-14(2)23(17-7-10-28(25,26)13-17)18(24)12-27-19-21-8-9-22(19)16-6-4-5-15(20)11-16/h4-6,8-9,11,14,17H,3,7,10,12-13H2,1-2H3/t14-,17+/m0/s1. The van der Waals surface area contributed by atoms with E-state index in [0.29, 0.717) is 17.3 Å². The number of carbonyl (C=O) groups excluding carboxylic acids is 1. The number of nitrogens with zero attached hydrogens (tertiary/aromatic N) is 3. The molecule has 1 saturated heterocycles. The third-order valence-electron chi connectivity index (χ3n) is 4.97. The SMILES string of the molecule is CC[C@H](C)N(C(=O)CSc1nccn1-c1cccc(F)c1)[C@@H]1CCS(=O)(=O)C1. The molecule has 0 unspecified atom stereocenters. The fourth-order valence-corrected chi connectivity index (χ4v) is 5.97. The molecule has 0 saturated carbocycles. The molecule has 0 bridgehead atoms. The van der Waals surface area contributed by atoms with Crippen LogP contribution in [0, 0.1) is 5.82 Å². The van der Waals surface area contributed by atoms with Crippen LogP contribution in [-0.4, -0.2) is 58.1 Å². The van der Waals surface area contributed by atoms with E-state index in [-0.39, 0.29) is 41.1 Å². The van der Waals surface area contributed by atoms with Gasteiger partial charge in [-0.25, -0.2) is 17.8 Å². The first-order valence-corrected chi connectivity index (χ1v) is 12.0. The molecule has 1 aliphatic rings. The van der Waals surface area contributed by atoms with Gasteiger partial charge in [0.1, 0.15) is 5.82 Å². The third-order valence-corrected chi connectivity index (χ3v) is 7.68. The van der Waals surface area contributed by atoms with Crippen LogP contribution < -0.4 is 0 Å². The summed E-state index contributed by atoms with van der Waals surface area (Å²) in [5, 5.41) is 0.585. The van der Waals surface area contributed by atoms with Crippen molar-refractivity contribution in [3.05, 3.63) is 42.5 Å². The summed E-state index contributed by atoms with van der Waals surface area (Å²) in [5.74, 6) is -0.132. The molecule has 0 aliphatic carbocycles. The first-order chi connectivity index (χ1) is 13.3. The summed E-state index contributed by atoms with van der Waals surface area (Å²) >= 11 is 1.27. The summed E-state index contributed by atoms with van der Waals surface area (Å²) in [6.45, 7) is 3.93. The van der Waals surface area contributed by atoms with Crippen LogP contribution in [0.2, 0.25) is 0 Å². The van der Waals surface area contributed by atoms with Crippen LogP contribution in [0.25, 0.3) is 5.69 Å². The smallest absolute Gasteiger partial charge is 0.233 e. The maximum atomic E-state index is 13.5. The van der Waals surface area contributed by atoms with Crippen molar-refractivity contribution in [2.45, 2.75) is 43.9 Å². The Morgan fingerprint density at radius 2 is 2.25 bits per heavy atom. The minimum absolute atomic E-state index is 0.0330. The molecular formula is C19H24FN3O3S2. The lowest BCUT2D eigenvalue weighted by molar-refractivity contribution is -0.132. The van der Waals surface area contributed by atoms with Crippen molar-refractivity contribution < 1.29 is 17.6 Å². The number of carbonyl (C=O) groups is 1. The van der Waals surface area contributed by atoms with E-state index in [1.165, 1.54) is 23.9 Å². The monoisotopic (exact) mass is 425 g/mol. The van der Waals surface area contributed by atoms with Gasteiger partial charge in [0, 0.05) is 24.5 Å². The Morgan fingerprint density at radius 3 is 2.89 bits per heavy atom. The van der Waals surface area contributed by atoms with E-state index in [4.69, 9.17) is 0 Å². The first kappa shape index (κ1) is 20.9. The number of thioether (sulfide) groups is 1. The lowest BCUT2D eigenvalue weighted by Crippen LogP contribution is -2.47. The zero-order valence-corrected chi connectivity index (χ0v) is 17.5. The van der Waals surface area contributed by atoms with E-state index >= 15 is 0 Å². The van der Waals surface area contributed by atoms with Crippen molar-refractivity contribution in [3.8, 4) is 5.69 Å². The first-order valence-electron chi connectivity index (χ1n) is 9.24. The number of amides is 1. The maximum absolute atomic E-state index is 13.5. The Morgan fingerprint density at radius 1 is 1.46 bits per heavy atom. The quantitative estimate of drug-likeness (QED) is 0.638. The highest BCUT2D eigenvalue weighted by Crippen LogP contribution is 2.25. The fourth-order valence-electron chi connectivity index (χ4n) is 3.42. The lowest BCUT2D eigenvalue weighted by Gasteiger charge is -2.33.